The van der Waals surface area contributed by atoms with Gasteiger partial charge in [0.15, 0.2) is 0 Å². The molecule has 0 aromatic rings. The molecule has 0 bridgehead atoms. The van der Waals surface area contributed by atoms with Crippen molar-refractivity contribution in [3.8, 4) is 0 Å². The van der Waals surface area contributed by atoms with Gasteiger partial charge in [0.1, 0.15) is 7.85 Å². The monoisotopic (exact) mass is 135 g/mol. The average Bonchev–Trinajstić information content (AvgIpc) is 1.88. The van der Waals surface area contributed by atoms with Gasteiger partial charge in [-0.3, -0.25) is 0 Å². The lowest BCUT2D eigenvalue weighted by Crippen LogP contribution is -2.28. The molecule has 0 aromatic carbocycles. The number of rotatable bonds is 2. The maximum Gasteiger partial charge on any atom is 0.135 e. The summed E-state index contributed by atoms with van der Waals surface area (Å²) in [4.78, 5) is 0. The summed E-state index contributed by atoms with van der Waals surface area (Å²) in [6.07, 6.45) is 5.43. The van der Waals surface area contributed by atoms with Crippen LogP contribution in [-0.4, -0.2) is 20.9 Å². The lowest BCUT2D eigenvalue weighted by atomic mass is 9.87. The molecule has 1 heterocycles. The Morgan fingerprint density at radius 1 is 1.90 bits per heavy atom. The summed E-state index contributed by atoms with van der Waals surface area (Å²) in [5, 5.41) is 3.35. The van der Waals surface area contributed by atoms with E-state index >= 15 is 0 Å². The van der Waals surface area contributed by atoms with Crippen LogP contribution < -0.4 is 5.32 Å². The van der Waals surface area contributed by atoms with Crippen LogP contribution in [-0.2, 0) is 0 Å². The van der Waals surface area contributed by atoms with E-state index in [0.717, 1.165) is 19.5 Å². The Morgan fingerprint density at radius 3 is 3.30 bits per heavy atom. The smallest absolute Gasteiger partial charge is 0.135 e. The molecule has 0 saturated carbocycles. The van der Waals surface area contributed by atoms with E-state index in [9.17, 15) is 0 Å². The van der Waals surface area contributed by atoms with Crippen molar-refractivity contribution in [2.45, 2.75) is 6.42 Å². The van der Waals surface area contributed by atoms with Crippen molar-refractivity contribution in [3.63, 3.8) is 0 Å². The van der Waals surface area contributed by atoms with Crippen molar-refractivity contribution in [3.05, 3.63) is 24.2 Å². The van der Waals surface area contributed by atoms with E-state index in [1.165, 1.54) is 5.47 Å². The molecule has 1 unspecified atom stereocenters. The molecule has 1 rings (SSSR count). The van der Waals surface area contributed by atoms with Crippen LogP contribution in [0.1, 0.15) is 6.42 Å². The first-order chi connectivity index (χ1) is 4.83. The van der Waals surface area contributed by atoms with Crippen molar-refractivity contribution >= 4 is 7.85 Å². The van der Waals surface area contributed by atoms with Crippen molar-refractivity contribution < 1.29 is 0 Å². The molecule has 0 radical (unpaired) electrons. The molecule has 54 valence electrons. The topological polar surface area (TPSA) is 12.0 Å². The minimum absolute atomic E-state index is 0.686. The van der Waals surface area contributed by atoms with Gasteiger partial charge in [0.25, 0.3) is 0 Å². The molecule has 1 aliphatic heterocycles. The highest BCUT2D eigenvalue weighted by Gasteiger charge is 2.07. The second kappa shape index (κ2) is 3.62. The van der Waals surface area contributed by atoms with E-state index in [0.29, 0.717) is 5.92 Å². The predicted molar refractivity (Wildman–Crippen MR) is 47.8 cm³/mol. The first kappa shape index (κ1) is 7.61. The molecule has 0 aliphatic carbocycles. The zero-order chi connectivity index (χ0) is 7.40. The van der Waals surface area contributed by atoms with Gasteiger partial charge >= 0.3 is 0 Å². The van der Waals surface area contributed by atoms with E-state index in [4.69, 9.17) is 0 Å². The van der Waals surface area contributed by atoms with E-state index in [2.05, 4.69) is 25.8 Å². The highest BCUT2D eigenvalue weighted by molar-refractivity contribution is 6.21. The van der Waals surface area contributed by atoms with Crippen molar-refractivity contribution in [1.29, 1.82) is 0 Å². The molecule has 1 aliphatic rings. The predicted octanol–water partition coefficient (Wildman–Crippen LogP) is 0.299. The van der Waals surface area contributed by atoms with Crippen LogP contribution >= 0.6 is 0 Å². The molecular weight excluding hydrogens is 121 g/mol. The summed E-state index contributed by atoms with van der Waals surface area (Å²) in [5.74, 6) is 0.686. The summed E-state index contributed by atoms with van der Waals surface area (Å²) in [6, 6.07) is 0. The summed E-state index contributed by atoms with van der Waals surface area (Å²) in [7, 11) is 2.17. The lowest BCUT2D eigenvalue weighted by Gasteiger charge is -2.19. The van der Waals surface area contributed by atoms with Crippen molar-refractivity contribution in [1.82, 2.24) is 5.32 Å². The maximum atomic E-state index is 3.72. The second-order valence-electron chi connectivity index (χ2n) is 2.93. The number of nitrogens with one attached hydrogen (secondary N) is 1. The quantitative estimate of drug-likeness (QED) is 0.424. The molecule has 10 heavy (non-hydrogen) atoms. The Labute approximate surface area is 63.6 Å². The van der Waals surface area contributed by atoms with E-state index in [1.807, 2.05) is 6.08 Å². The SMILES string of the molecule is BC1=CC(CC=C)CNC1. The zero-order valence-electron chi connectivity index (χ0n) is 6.56. The summed E-state index contributed by atoms with van der Waals surface area (Å²) < 4.78 is 0. The second-order valence-corrected chi connectivity index (χ2v) is 2.93. The number of hydrogen-bond donors (Lipinski definition) is 1. The summed E-state index contributed by atoms with van der Waals surface area (Å²) >= 11 is 0. The lowest BCUT2D eigenvalue weighted by molar-refractivity contribution is 0.559. The minimum Gasteiger partial charge on any atom is -0.313 e. The Kier molecular flexibility index (Phi) is 2.75. The van der Waals surface area contributed by atoms with Crippen LogP contribution in [0.4, 0.5) is 0 Å². The number of hydrogen-bond acceptors (Lipinski definition) is 1. The highest BCUT2D eigenvalue weighted by atomic mass is 14.9. The third-order valence-electron chi connectivity index (χ3n) is 1.80. The third-order valence-corrected chi connectivity index (χ3v) is 1.80. The average molecular weight is 135 g/mol. The molecule has 0 amide bonds. The van der Waals surface area contributed by atoms with Gasteiger partial charge in [0, 0.05) is 13.1 Å². The van der Waals surface area contributed by atoms with Crippen molar-refractivity contribution in [2.75, 3.05) is 13.1 Å². The van der Waals surface area contributed by atoms with Crippen LogP contribution in [0.2, 0.25) is 0 Å². The normalized spacial score (nSPS) is 25.6. The van der Waals surface area contributed by atoms with Gasteiger partial charge in [0.2, 0.25) is 0 Å². The van der Waals surface area contributed by atoms with Crippen LogP contribution in [0.3, 0.4) is 0 Å². The van der Waals surface area contributed by atoms with Gasteiger partial charge in [0.05, 0.1) is 0 Å². The Bertz CT molecular complexity index is 151. The standard InChI is InChI=1S/C8H14BN/c1-2-3-7-4-8(9)6-10-5-7/h2,4,7,10H,1,3,5-6,9H2. The summed E-state index contributed by atoms with van der Waals surface area (Å²) in [6.45, 7) is 5.90. The molecule has 0 fully saturated rings. The van der Waals surface area contributed by atoms with Gasteiger partial charge in [-0.2, -0.15) is 0 Å². The van der Waals surface area contributed by atoms with E-state index in [-0.39, 0.29) is 0 Å². The van der Waals surface area contributed by atoms with Gasteiger partial charge < -0.3 is 5.32 Å². The molecule has 1 N–H and O–H groups in total. The van der Waals surface area contributed by atoms with Gasteiger partial charge in [-0.1, -0.05) is 12.2 Å². The Hall–Kier alpha value is -0.495. The largest absolute Gasteiger partial charge is 0.313 e. The van der Waals surface area contributed by atoms with Crippen LogP contribution in [0.5, 0.6) is 0 Å². The van der Waals surface area contributed by atoms with Gasteiger partial charge in [-0.15, -0.1) is 12.1 Å². The Morgan fingerprint density at radius 2 is 2.70 bits per heavy atom. The van der Waals surface area contributed by atoms with Crippen LogP contribution in [0, 0.1) is 5.92 Å². The zero-order valence-corrected chi connectivity index (χ0v) is 6.56. The summed E-state index contributed by atoms with van der Waals surface area (Å²) in [5.41, 5.74) is 1.46. The fourth-order valence-corrected chi connectivity index (χ4v) is 1.34. The fraction of sp³-hybridized carbons (Fsp3) is 0.500. The molecule has 0 aromatic heterocycles. The highest BCUT2D eigenvalue weighted by Crippen LogP contribution is 2.09. The molecule has 1 atom stereocenters. The van der Waals surface area contributed by atoms with Crippen molar-refractivity contribution in [2.24, 2.45) is 5.92 Å². The molecule has 2 heteroatoms. The first-order valence-electron chi connectivity index (χ1n) is 3.82. The van der Waals surface area contributed by atoms with Crippen LogP contribution in [0.25, 0.3) is 0 Å². The van der Waals surface area contributed by atoms with E-state index in [1.54, 1.807) is 0 Å². The fourth-order valence-electron chi connectivity index (χ4n) is 1.34. The third kappa shape index (κ3) is 2.03. The maximum absolute atomic E-state index is 3.72. The molecule has 1 nitrogen and oxygen atoms in total. The first-order valence-corrected chi connectivity index (χ1v) is 3.82. The Balaban J connectivity index is 2.45. The van der Waals surface area contributed by atoms with Crippen LogP contribution in [0.15, 0.2) is 24.2 Å². The minimum atomic E-state index is 0.686. The van der Waals surface area contributed by atoms with E-state index < -0.39 is 0 Å². The molecule has 0 saturated heterocycles. The number of allylic oxidation sites excluding steroid dienone is 1. The molecular formula is C8H14BN. The molecule has 0 spiro atoms. The van der Waals surface area contributed by atoms with Gasteiger partial charge in [-0.25, -0.2) is 0 Å². The van der Waals surface area contributed by atoms with Gasteiger partial charge in [-0.05, 0) is 12.3 Å².